The number of anilines is 1. The molecule has 1 saturated heterocycles. The lowest BCUT2D eigenvalue weighted by Gasteiger charge is -2.23. The van der Waals surface area contributed by atoms with Crippen LogP contribution in [0.3, 0.4) is 0 Å². The van der Waals surface area contributed by atoms with Crippen molar-refractivity contribution in [1.82, 2.24) is 19.5 Å². The van der Waals surface area contributed by atoms with Crippen LogP contribution in [0.15, 0.2) is 59.5 Å². The van der Waals surface area contributed by atoms with E-state index in [1.807, 2.05) is 18.2 Å². The maximum atomic E-state index is 13.0. The van der Waals surface area contributed by atoms with Crippen LogP contribution in [-0.2, 0) is 14.8 Å². The number of nitrogens with zero attached hydrogens (tertiary/aromatic N) is 3. The first-order valence-corrected chi connectivity index (χ1v) is 11.9. The Labute approximate surface area is 180 Å². The average Bonchev–Trinajstić information content (AvgIpc) is 3.30. The summed E-state index contributed by atoms with van der Waals surface area (Å²) in [6, 6.07) is 14.8. The second kappa shape index (κ2) is 7.90. The fourth-order valence-electron chi connectivity index (χ4n) is 3.92. The van der Waals surface area contributed by atoms with Crippen molar-refractivity contribution in [2.45, 2.75) is 42.5 Å². The molecule has 9 heteroatoms. The third-order valence-corrected chi connectivity index (χ3v) is 7.63. The molecule has 8 nitrogen and oxygen atoms in total. The van der Waals surface area contributed by atoms with E-state index >= 15 is 0 Å². The molecular weight excluding hydrogens is 414 g/mol. The van der Waals surface area contributed by atoms with Crippen molar-refractivity contribution < 1.29 is 13.2 Å². The van der Waals surface area contributed by atoms with Crippen molar-refractivity contribution in [3.05, 3.63) is 60.4 Å². The van der Waals surface area contributed by atoms with Gasteiger partial charge in [0.05, 0.1) is 4.90 Å². The van der Waals surface area contributed by atoms with Crippen LogP contribution in [0.5, 0.6) is 0 Å². The van der Waals surface area contributed by atoms with E-state index in [-0.39, 0.29) is 10.8 Å². The summed E-state index contributed by atoms with van der Waals surface area (Å²) in [5, 5.41) is 10.2. The number of H-pyrrole nitrogens is 1. The lowest BCUT2D eigenvalue weighted by Crippen LogP contribution is -2.43. The summed E-state index contributed by atoms with van der Waals surface area (Å²) in [7, 11) is -3.73. The molecule has 2 N–H and O–H groups in total. The van der Waals surface area contributed by atoms with E-state index in [4.69, 9.17) is 0 Å². The minimum Gasteiger partial charge on any atom is -0.325 e. The number of aromatic amines is 1. The topological polar surface area (TPSA) is 108 Å². The fraction of sp³-hybridized carbons (Fsp3) is 0.318. The lowest BCUT2D eigenvalue weighted by atomic mass is 10.1. The Morgan fingerprint density at radius 3 is 2.65 bits per heavy atom. The second-order valence-corrected chi connectivity index (χ2v) is 9.87. The molecule has 1 atom stereocenters. The third kappa shape index (κ3) is 3.98. The van der Waals surface area contributed by atoms with Crippen LogP contribution < -0.4 is 5.32 Å². The molecule has 1 aliphatic carbocycles. The van der Waals surface area contributed by atoms with Gasteiger partial charge in [-0.2, -0.15) is 9.40 Å². The Hall–Kier alpha value is -3.04. The molecule has 1 aromatic heterocycles. The summed E-state index contributed by atoms with van der Waals surface area (Å²) in [5.41, 5.74) is 1.38. The molecule has 0 spiro atoms. The molecule has 0 radical (unpaired) electrons. The molecule has 0 bridgehead atoms. The van der Waals surface area contributed by atoms with Crippen molar-refractivity contribution in [3.63, 3.8) is 0 Å². The first-order chi connectivity index (χ1) is 15.0. The Balaban J connectivity index is 1.33. The van der Waals surface area contributed by atoms with Crippen molar-refractivity contribution in [1.29, 1.82) is 0 Å². The molecule has 160 valence electrons. The minimum atomic E-state index is -3.73. The maximum Gasteiger partial charge on any atom is 0.243 e. The zero-order chi connectivity index (χ0) is 21.4. The SMILES string of the molecule is O=C(Nc1cccc(-c2n[nH]c(C3CC3)n2)c1)C1CCCN1S(=O)(=O)c1ccccc1. The van der Waals surface area contributed by atoms with Crippen LogP contribution in [0.2, 0.25) is 0 Å². The van der Waals surface area contributed by atoms with Gasteiger partial charge in [-0.3, -0.25) is 9.89 Å². The predicted octanol–water partition coefficient (Wildman–Crippen LogP) is 3.14. The molecule has 1 aliphatic heterocycles. The highest BCUT2D eigenvalue weighted by molar-refractivity contribution is 7.89. The largest absolute Gasteiger partial charge is 0.325 e. The summed E-state index contributed by atoms with van der Waals surface area (Å²) in [6.45, 7) is 0.330. The lowest BCUT2D eigenvalue weighted by molar-refractivity contribution is -0.119. The van der Waals surface area contributed by atoms with Crippen LogP contribution in [0.1, 0.15) is 37.4 Å². The van der Waals surface area contributed by atoms with Gasteiger partial charge in [0, 0.05) is 23.7 Å². The van der Waals surface area contributed by atoms with Gasteiger partial charge in [0.15, 0.2) is 5.82 Å². The van der Waals surface area contributed by atoms with Crippen LogP contribution in [0, 0.1) is 0 Å². The molecule has 1 unspecified atom stereocenters. The smallest absolute Gasteiger partial charge is 0.243 e. The predicted molar refractivity (Wildman–Crippen MR) is 116 cm³/mol. The number of carbonyl (C=O) groups is 1. The van der Waals surface area contributed by atoms with Gasteiger partial charge >= 0.3 is 0 Å². The van der Waals surface area contributed by atoms with E-state index in [1.54, 1.807) is 36.4 Å². The van der Waals surface area contributed by atoms with Gasteiger partial charge in [0.25, 0.3) is 0 Å². The molecule has 2 aromatic carbocycles. The van der Waals surface area contributed by atoms with E-state index in [0.717, 1.165) is 24.2 Å². The molecule has 31 heavy (non-hydrogen) atoms. The van der Waals surface area contributed by atoms with Crippen molar-refractivity contribution in [3.8, 4) is 11.4 Å². The average molecular weight is 438 g/mol. The molecule has 1 saturated carbocycles. The van der Waals surface area contributed by atoms with Crippen molar-refractivity contribution in [2.75, 3.05) is 11.9 Å². The summed E-state index contributed by atoms with van der Waals surface area (Å²) in [4.78, 5) is 17.8. The zero-order valence-corrected chi connectivity index (χ0v) is 17.7. The molecule has 2 fully saturated rings. The number of amides is 1. The second-order valence-electron chi connectivity index (χ2n) is 7.98. The molecule has 2 aliphatic rings. The standard InChI is InChI=1S/C22H23N5O3S/c28-22(19-10-5-13-27(19)31(29,30)18-8-2-1-3-9-18)23-17-7-4-6-16(14-17)21-24-20(25-26-21)15-11-12-15/h1-4,6-9,14-15,19H,5,10-13H2,(H,23,28)(H,24,25,26). The Morgan fingerprint density at radius 2 is 1.87 bits per heavy atom. The number of hydrogen-bond donors (Lipinski definition) is 2. The molecule has 1 amide bonds. The molecule has 5 rings (SSSR count). The van der Waals surface area contributed by atoms with Gasteiger partial charge in [-0.25, -0.2) is 13.4 Å². The summed E-state index contributed by atoms with van der Waals surface area (Å²) < 4.78 is 27.4. The number of hydrogen-bond acceptors (Lipinski definition) is 5. The van der Waals surface area contributed by atoms with E-state index < -0.39 is 16.1 Å². The van der Waals surface area contributed by atoms with Gasteiger partial charge in [-0.05, 0) is 49.9 Å². The Kier molecular flexibility index (Phi) is 5.07. The van der Waals surface area contributed by atoms with Crippen LogP contribution >= 0.6 is 0 Å². The van der Waals surface area contributed by atoms with Crippen LogP contribution in [0.4, 0.5) is 5.69 Å². The summed E-state index contributed by atoms with van der Waals surface area (Å²) in [6.07, 6.45) is 3.40. The van der Waals surface area contributed by atoms with Crippen LogP contribution in [0.25, 0.3) is 11.4 Å². The zero-order valence-electron chi connectivity index (χ0n) is 16.9. The highest BCUT2D eigenvalue weighted by atomic mass is 32.2. The fourth-order valence-corrected chi connectivity index (χ4v) is 5.60. The molecule has 2 heterocycles. The van der Waals surface area contributed by atoms with Gasteiger partial charge in [-0.15, -0.1) is 0 Å². The number of nitrogens with one attached hydrogen (secondary N) is 2. The van der Waals surface area contributed by atoms with E-state index in [9.17, 15) is 13.2 Å². The van der Waals surface area contributed by atoms with E-state index in [1.165, 1.54) is 4.31 Å². The van der Waals surface area contributed by atoms with Crippen LogP contribution in [-0.4, -0.2) is 46.4 Å². The monoisotopic (exact) mass is 437 g/mol. The van der Waals surface area contributed by atoms with Gasteiger partial charge < -0.3 is 5.32 Å². The molecule has 3 aromatic rings. The Morgan fingerprint density at radius 1 is 1.06 bits per heavy atom. The van der Waals surface area contributed by atoms with E-state index in [2.05, 4.69) is 20.5 Å². The van der Waals surface area contributed by atoms with E-state index in [0.29, 0.717) is 36.8 Å². The summed E-state index contributed by atoms with van der Waals surface area (Å²) in [5.74, 6) is 1.64. The minimum absolute atomic E-state index is 0.202. The number of rotatable bonds is 6. The first kappa shape index (κ1) is 19.9. The molecular formula is C22H23N5O3S. The van der Waals surface area contributed by atoms with Gasteiger partial charge in [-0.1, -0.05) is 30.3 Å². The number of benzene rings is 2. The number of sulfonamides is 1. The normalized spacial score (nSPS) is 19.4. The maximum absolute atomic E-state index is 13.0. The summed E-state index contributed by atoms with van der Waals surface area (Å²) >= 11 is 0. The van der Waals surface area contributed by atoms with Gasteiger partial charge in [0.1, 0.15) is 11.9 Å². The first-order valence-electron chi connectivity index (χ1n) is 10.4. The van der Waals surface area contributed by atoms with Crippen molar-refractivity contribution in [2.24, 2.45) is 0 Å². The van der Waals surface area contributed by atoms with Gasteiger partial charge in [0.2, 0.25) is 15.9 Å². The highest BCUT2D eigenvalue weighted by Crippen LogP contribution is 2.38. The number of carbonyl (C=O) groups excluding carboxylic acids is 1. The Bertz CT molecular complexity index is 1200. The van der Waals surface area contributed by atoms with Crippen molar-refractivity contribution >= 4 is 21.6 Å². The highest BCUT2D eigenvalue weighted by Gasteiger charge is 2.39. The number of aromatic nitrogens is 3. The third-order valence-electron chi connectivity index (χ3n) is 5.71. The quantitative estimate of drug-likeness (QED) is 0.616.